The first-order chi connectivity index (χ1) is 7.92. The number of hydrogen-bond acceptors (Lipinski definition) is 0. The Morgan fingerprint density at radius 3 is 2.62 bits per heavy atom. The molecular weight excluding hydrogens is 192 g/mol. The lowest BCUT2D eigenvalue weighted by Gasteiger charge is -2.10. The van der Waals surface area contributed by atoms with Crippen LogP contribution in [0, 0.1) is 5.92 Å². The van der Waals surface area contributed by atoms with E-state index in [4.69, 9.17) is 0 Å². The van der Waals surface area contributed by atoms with Gasteiger partial charge in [-0.25, -0.2) is 0 Å². The minimum Gasteiger partial charge on any atom is -0.0614 e. The molecular formula is C16H16. The smallest absolute Gasteiger partial charge is 0.0112 e. The molecule has 4 rings (SSSR count). The Labute approximate surface area is 96.3 Å². The minimum absolute atomic E-state index is 0.814. The second-order valence-corrected chi connectivity index (χ2v) is 5.44. The highest BCUT2D eigenvalue weighted by Crippen LogP contribution is 2.45. The van der Waals surface area contributed by atoms with Gasteiger partial charge in [-0.1, -0.05) is 49.2 Å². The van der Waals surface area contributed by atoms with Crippen molar-refractivity contribution in [1.82, 2.24) is 0 Å². The fourth-order valence-electron chi connectivity index (χ4n) is 3.30. The molecule has 0 bridgehead atoms. The predicted octanol–water partition coefficient (Wildman–Crippen LogP) is 4.28. The Bertz CT molecular complexity index is 544. The van der Waals surface area contributed by atoms with Crippen LogP contribution in [0.4, 0.5) is 0 Å². The summed E-state index contributed by atoms with van der Waals surface area (Å²) in [6.07, 6.45) is 5.66. The van der Waals surface area contributed by atoms with Crippen LogP contribution in [-0.4, -0.2) is 0 Å². The predicted molar refractivity (Wildman–Crippen MR) is 67.7 cm³/mol. The highest BCUT2D eigenvalue weighted by molar-refractivity contribution is 5.91. The van der Waals surface area contributed by atoms with Crippen molar-refractivity contribution in [1.29, 1.82) is 0 Å². The molecule has 16 heavy (non-hydrogen) atoms. The van der Waals surface area contributed by atoms with E-state index in [0.29, 0.717) is 0 Å². The molecule has 2 aromatic rings. The van der Waals surface area contributed by atoms with Crippen LogP contribution in [-0.2, 0) is 6.42 Å². The Morgan fingerprint density at radius 2 is 1.81 bits per heavy atom. The molecule has 1 fully saturated rings. The summed E-state index contributed by atoms with van der Waals surface area (Å²) in [4.78, 5) is 0. The molecule has 1 atom stereocenters. The molecule has 0 radical (unpaired) electrons. The average Bonchev–Trinajstić information content (AvgIpc) is 3.05. The average molecular weight is 208 g/mol. The highest BCUT2D eigenvalue weighted by Gasteiger charge is 2.30. The van der Waals surface area contributed by atoms with Crippen molar-refractivity contribution in [2.45, 2.75) is 31.6 Å². The van der Waals surface area contributed by atoms with Gasteiger partial charge in [0.05, 0.1) is 0 Å². The van der Waals surface area contributed by atoms with Crippen LogP contribution >= 0.6 is 0 Å². The summed E-state index contributed by atoms with van der Waals surface area (Å²) < 4.78 is 0. The maximum Gasteiger partial charge on any atom is -0.0112 e. The molecule has 0 spiro atoms. The maximum atomic E-state index is 2.35. The fraction of sp³-hybridized carbons (Fsp3) is 0.375. The molecule has 2 aliphatic rings. The van der Waals surface area contributed by atoms with Gasteiger partial charge in [0.2, 0.25) is 0 Å². The third kappa shape index (κ3) is 1.22. The van der Waals surface area contributed by atoms with E-state index >= 15 is 0 Å². The van der Waals surface area contributed by atoms with E-state index in [9.17, 15) is 0 Å². The SMILES string of the molecule is c1cc2c3c(cccc3c1)C(CC1CC1)C2. The van der Waals surface area contributed by atoms with Crippen LogP contribution in [0.2, 0.25) is 0 Å². The molecule has 80 valence electrons. The van der Waals surface area contributed by atoms with Crippen molar-refractivity contribution in [3.05, 3.63) is 47.5 Å². The second-order valence-electron chi connectivity index (χ2n) is 5.44. The minimum atomic E-state index is 0.814. The van der Waals surface area contributed by atoms with E-state index in [1.807, 2.05) is 0 Å². The van der Waals surface area contributed by atoms with Gasteiger partial charge in [0.1, 0.15) is 0 Å². The van der Waals surface area contributed by atoms with Crippen LogP contribution < -0.4 is 0 Å². The van der Waals surface area contributed by atoms with Gasteiger partial charge in [0, 0.05) is 0 Å². The Balaban J connectivity index is 1.87. The standard InChI is InChI=1S/C16H16/c1-3-12-4-2-6-15-14(9-11-7-8-11)10-13(5-1)16(12)15/h1-6,11,14H,7-10H2. The lowest BCUT2D eigenvalue weighted by Crippen LogP contribution is -1.97. The van der Waals surface area contributed by atoms with Crippen molar-refractivity contribution in [2.24, 2.45) is 5.92 Å². The van der Waals surface area contributed by atoms with Crippen LogP contribution in [0.3, 0.4) is 0 Å². The van der Waals surface area contributed by atoms with Gasteiger partial charge in [0.25, 0.3) is 0 Å². The Hall–Kier alpha value is -1.30. The van der Waals surface area contributed by atoms with Gasteiger partial charge < -0.3 is 0 Å². The molecule has 1 saturated carbocycles. The van der Waals surface area contributed by atoms with Crippen LogP contribution in [0.5, 0.6) is 0 Å². The highest BCUT2D eigenvalue weighted by atomic mass is 14.3. The molecule has 0 N–H and O–H groups in total. The monoisotopic (exact) mass is 208 g/mol. The number of hydrogen-bond donors (Lipinski definition) is 0. The fourth-order valence-corrected chi connectivity index (χ4v) is 3.30. The van der Waals surface area contributed by atoms with Crippen molar-refractivity contribution in [3.63, 3.8) is 0 Å². The Kier molecular flexibility index (Phi) is 1.71. The maximum absolute atomic E-state index is 2.35. The van der Waals surface area contributed by atoms with Gasteiger partial charge in [-0.2, -0.15) is 0 Å². The molecule has 0 saturated heterocycles. The molecule has 0 aromatic heterocycles. The summed E-state index contributed by atoms with van der Waals surface area (Å²) in [6.45, 7) is 0. The quantitative estimate of drug-likeness (QED) is 0.691. The van der Waals surface area contributed by atoms with Crippen molar-refractivity contribution >= 4 is 10.8 Å². The molecule has 1 unspecified atom stereocenters. The normalized spacial score (nSPS) is 22.9. The topological polar surface area (TPSA) is 0 Å². The van der Waals surface area contributed by atoms with E-state index < -0.39 is 0 Å². The number of rotatable bonds is 2. The Morgan fingerprint density at radius 1 is 1.00 bits per heavy atom. The van der Waals surface area contributed by atoms with E-state index in [2.05, 4.69) is 36.4 Å². The lowest BCUT2D eigenvalue weighted by molar-refractivity contribution is 0.591. The van der Waals surface area contributed by atoms with E-state index in [0.717, 1.165) is 11.8 Å². The summed E-state index contributed by atoms with van der Waals surface area (Å²) in [5.74, 6) is 1.85. The molecule has 2 aliphatic carbocycles. The third-order valence-corrected chi connectivity index (χ3v) is 4.24. The van der Waals surface area contributed by atoms with Gasteiger partial charge in [-0.05, 0) is 46.6 Å². The lowest BCUT2D eigenvalue weighted by atomic mass is 9.94. The molecule has 0 heteroatoms. The van der Waals surface area contributed by atoms with Gasteiger partial charge in [0.15, 0.2) is 0 Å². The first-order valence-corrected chi connectivity index (χ1v) is 6.42. The molecule has 0 aliphatic heterocycles. The zero-order valence-corrected chi connectivity index (χ0v) is 9.45. The summed E-state index contributed by atoms with van der Waals surface area (Å²) in [5.41, 5.74) is 3.21. The van der Waals surface area contributed by atoms with Crippen LogP contribution in [0.1, 0.15) is 36.3 Å². The van der Waals surface area contributed by atoms with Crippen LogP contribution in [0.25, 0.3) is 10.8 Å². The first kappa shape index (κ1) is 8.81. The number of benzene rings is 2. The van der Waals surface area contributed by atoms with Gasteiger partial charge in [-0.3, -0.25) is 0 Å². The summed E-state index contributed by atoms with van der Waals surface area (Å²) in [7, 11) is 0. The molecule has 0 heterocycles. The van der Waals surface area contributed by atoms with E-state index in [1.54, 1.807) is 16.5 Å². The van der Waals surface area contributed by atoms with E-state index in [1.165, 1.54) is 31.1 Å². The van der Waals surface area contributed by atoms with Gasteiger partial charge >= 0.3 is 0 Å². The van der Waals surface area contributed by atoms with Gasteiger partial charge in [-0.15, -0.1) is 0 Å². The largest absolute Gasteiger partial charge is 0.0614 e. The van der Waals surface area contributed by atoms with Crippen molar-refractivity contribution < 1.29 is 0 Å². The first-order valence-electron chi connectivity index (χ1n) is 6.42. The van der Waals surface area contributed by atoms with Crippen LogP contribution in [0.15, 0.2) is 36.4 Å². The van der Waals surface area contributed by atoms with Crippen molar-refractivity contribution in [3.8, 4) is 0 Å². The summed E-state index contributed by atoms with van der Waals surface area (Å²) in [5, 5.41) is 3.00. The van der Waals surface area contributed by atoms with E-state index in [-0.39, 0.29) is 0 Å². The summed E-state index contributed by atoms with van der Waals surface area (Å²) in [6, 6.07) is 13.6. The molecule has 2 aromatic carbocycles. The third-order valence-electron chi connectivity index (χ3n) is 4.24. The molecule has 0 amide bonds. The zero-order chi connectivity index (χ0) is 10.5. The molecule has 0 nitrogen and oxygen atoms in total. The van der Waals surface area contributed by atoms with Crippen molar-refractivity contribution in [2.75, 3.05) is 0 Å². The second kappa shape index (κ2) is 3.10. The zero-order valence-electron chi connectivity index (χ0n) is 9.45. The summed E-state index contributed by atoms with van der Waals surface area (Å²) >= 11 is 0.